The predicted octanol–water partition coefficient (Wildman–Crippen LogP) is 3.48. The number of rotatable bonds is 6. The summed E-state index contributed by atoms with van der Waals surface area (Å²) in [6.45, 7) is 1.94. The molecule has 0 aliphatic carbocycles. The van der Waals surface area contributed by atoms with Crippen molar-refractivity contribution in [2.24, 2.45) is 0 Å². The van der Waals surface area contributed by atoms with Crippen molar-refractivity contribution in [1.29, 1.82) is 0 Å². The van der Waals surface area contributed by atoms with Gasteiger partial charge in [0.05, 0.1) is 6.54 Å². The van der Waals surface area contributed by atoms with Crippen molar-refractivity contribution >= 4 is 5.91 Å². The van der Waals surface area contributed by atoms with Crippen molar-refractivity contribution < 1.29 is 18.4 Å². The van der Waals surface area contributed by atoms with E-state index in [1.807, 2.05) is 31.2 Å². The van der Waals surface area contributed by atoms with Crippen LogP contribution in [-0.2, 0) is 11.3 Å². The van der Waals surface area contributed by atoms with Gasteiger partial charge in [0.15, 0.2) is 23.9 Å². The summed E-state index contributed by atoms with van der Waals surface area (Å²) in [6, 6.07) is 15.6. The zero-order chi connectivity index (χ0) is 17.6. The standard InChI is InChI=1S/C19H17FN2O3/c1-13-6-8-14(9-7-13)18-10-15(22-25-18)11-21-19(23)12-24-17-5-3-2-4-16(17)20/h2-10H,11-12H2,1H3,(H,21,23). The number of hydrogen-bond acceptors (Lipinski definition) is 4. The summed E-state index contributed by atoms with van der Waals surface area (Å²) < 4.78 is 23.8. The normalized spacial score (nSPS) is 10.5. The van der Waals surface area contributed by atoms with Crippen LogP contribution < -0.4 is 10.1 Å². The van der Waals surface area contributed by atoms with Crippen LogP contribution in [0.3, 0.4) is 0 Å². The van der Waals surface area contributed by atoms with Crippen LogP contribution in [-0.4, -0.2) is 17.7 Å². The summed E-state index contributed by atoms with van der Waals surface area (Å²) in [7, 11) is 0. The van der Waals surface area contributed by atoms with Gasteiger partial charge in [-0.2, -0.15) is 0 Å². The minimum atomic E-state index is -0.505. The number of ether oxygens (including phenoxy) is 1. The van der Waals surface area contributed by atoms with Gasteiger partial charge in [-0.25, -0.2) is 4.39 Å². The monoisotopic (exact) mass is 340 g/mol. The van der Waals surface area contributed by atoms with Gasteiger partial charge in [-0.05, 0) is 19.1 Å². The SMILES string of the molecule is Cc1ccc(-c2cc(CNC(=O)COc3ccccc3F)no2)cc1. The highest BCUT2D eigenvalue weighted by Gasteiger charge is 2.09. The van der Waals surface area contributed by atoms with Crippen LogP contribution in [0.25, 0.3) is 11.3 Å². The maximum absolute atomic E-state index is 13.4. The van der Waals surface area contributed by atoms with Gasteiger partial charge in [-0.1, -0.05) is 47.1 Å². The molecule has 0 spiro atoms. The number of aryl methyl sites for hydroxylation is 1. The first-order valence-electron chi connectivity index (χ1n) is 7.78. The van der Waals surface area contributed by atoms with E-state index in [9.17, 15) is 9.18 Å². The van der Waals surface area contributed by atoms with Crippen LogP contribution in [0.15, 0.2) is 59.1 Å². The molecule has 0 saturated carbocycles. The molecule has 0 aliphatic heterocycles. The van der Waals surface area contributed by atoms with Gasteiger partial charge in [0.1, 0.15) is 5.69 Å². The fourth-order valence-corrected chi connectivity index (χ4v) is 2.19. The van der Waals surface area contributed by atoms with E-state index in [-0.39, 0.29) is 24.8 Å². The van der Waals surface area contributed by atoms with E-state index in [0.29, 0.717) is 11.5 Å². The van der Waals surface area contributed by atoms with E-state index >= 15 is 0 Å². The third kappa shape index (κ3) is 4.44. The molecule has 0 saturated heterocycles. The molecule has 1 aromatic heterocycles. The van der Waals surface area contributed by atoms with Crippen molar-refractivity contribution in [2.45, 2.75) is 13.5 Å². The molecule has 1 heterocycles. The first kappa shape index (κ1) is 16.7. The minimum absolute atomic E-state index is 0.0424. The molecule has 5 nitrogen and oxygen atoms in total. The summed E-state index contributed by atoms with van der Waals surface area (Å²) in [5.41, 5.74) is 2.67. The highest BCUT2D eigenvalue weighted by Crippen LogP contribution is 2.20. The third-order valence-corrected chi connectivity index (χ3v) is 3.56. The average molecular weight is 340 g/mol. The maximum Gasteiger partial charge on any atom is 0.258 e. The number of aromatic nitrogens is 1. The molecule has 0 radical (unpaired) electrons. The summed E-state index contributed by atoms with van der Waals surface area (Å²) in [5, 5.41) is 6.58. The zero-order valence-electron chi connectivity index (χ0n) is 13.7. The molecule has 25 heavy (non-hydrogen) atoms. The summed E-state index contributed by atoms with van der Waals surface area (Å²) in [6.07, 6.45) is 0. The van der Waals surface area contributed by atoms with Crippen LogP contribution in [0.2, 0.25) is 0 Å². The Bertz CT molecular complexity index is 859. The molecule has 0 bridgehead atoms. The van der Waals surface area contributed by atoms with Gasteiger partial charge in [0, 0.05) is 11.6 Å². The third-order valence-electron chi connectivity index (χ3n) is 3.56. The predicted molar refractivity (Wildman–Crippen MR) is 90.4 cm³/mol. The van der Waals surface area contributed by atoms with Crippen molar-refractivity contribution in [3.63, 3.8) is 0 Å². The molecular formula is C19H17FN2O3. The number of carbonyl (C=O) groups is 1. The van der Waals surface area contributed by atoms with Crippen LogP contribution in [0, 0.1) is 12.7 Å². The van der Waals surface area contributed by atoms with E-state index in [0.717, 1.165) is 11.1 Å². The van der Waals surface area contributed by atoms with E-state index in [1.54, 1.807) is 18.2 Å². The Kier molecular flexibility index (Phi) is 5.09. The smallest absolute Gasteiger partial charge is 0.258 e. The average Bonchev–Trinajstić information content (AvgIpc) is 3.09. The lowest BCUT2D eigenvalue weighted by Crippen LogP contribution is -2.28. The van der Waals surface area contributed by atoms with Crippen molar-refractivity contribution in [1.82, 2.24) is 10.5 Å². The zero-order valence-corrected chi connectivity index (χ0v) is 13.7. The second-order valence-electron chi connectivity index (χ2n) is 5.54. The minimum Gasteiger partial charge on any atom is -0.481 e. The van der Waals surface area contributed by atoms with Gasteiger partial charge in [-0.15, -0.1) is 0 Å². The Labute approximate surface area is 144 Å². The fourth-order valence-electron chi connectivity index (χ4n) is 2.19. The van der Waals surface area contributed by atoms with Crippen LogP contribution in [0.1, 0.15) is 11.3 Å². The second-order valence-corrected chi connectivity index (χ2v) is 5.54. The fraction of sp³-hybridized carbons (Fsp3) is 0.158. The highest BCUT2D eigenvalue weighted by molar-refractivity contribution is 5.77. The van der Waals surface area contributed by atoms with E-state index < -0.39 is 5.82 Å². The number of para-hydroxylation sites is 1. The molecule has 1 N–H and O–H groups in total. The van der Waals surface area contributed by atoms with Crippen LogP contribution >= 0.6 is 0 Å². The van der Waals surface area contributed by atoms with E-state index in [1.165, 1.54) is 12.1 Å². The lowest BCUT2D eigenvalue weighted by molar-refractivity contribution is -0.123. The maximum atomic E-state index is 13.4. The van der Waals surface area contributed by atoms with Gasteiger partial charge in [-0.3, -0.25) is 4.79 Å². The molecule has 1 amide bonds. The van der Waals surface area contributed by atoms with Crippen LogP contribution in [0.4, 0.5) is 4.39 Å². The van der Waals surface area contributed by atoms with Crippen molar-refractivity contribution in [3.05, 3.63) is 71.7 Å². The summed E-state index contributed by atoms with van der Waals surface area (Å²) >= 11 is 0. The molecule has 0 atom stereocenters. The quantitative estimate of drug-likeness (QED) is 0.746. The molecular weight excluding hydrogens is 323 g/mol. The van der Waals surface area contributed by atoms with Crippen LogP contribution in [0.5, 0.6) is 5.75 Å². The molecule has 0 unspecified atom stereocenters. The summed E-state index contributed by atoms with van der Waals surface area (Å²) in [4.78, 5) is 11.8. The Balaban J connectivity index is 1.51. The Hall–Kier alpha value is -3.15. The van der Waals surface area contributed by atoms with E-state index in [2.05, 4.69) is 10.5 Å². The molecule has 2 aromatic carbocycles. The van der Waals surface area contributed by atoms with Gasteiger partial charge >= 0.3 is 0 Å². The Morgan fingerprint density at radius 1 is 1.20 bits per heavy atom. The molecule has 3 aromatic rings. The number of nitrogens with one attached hydrogen (secondary N) is 1. The first-order valence-corrected chi connectivity index (χ1v) is 7.78. The number of halogens is 1. The van der Waals surface area contributed by atoms with Gasteiger partial charge in [0.2, 0.25) is 0 Å². The number of benzene rings is 2. The molecule has 6 heteroatoms. The number of carbonyl (C=O) groups excluding carboxylic acids is 1. The largest absolute Gasteiger partial charge is 0.481 e. The molecule has 128 valence electrons. The Morgan fingerprint density at radius 3 is 2.72 bits per heavy atom. The molecule has 0 fully saturated rings. The van der Waals surface area contributed by atoms with Crippen molar-refractivity contribution in [3.8, 4) is 17.1 Å². The van der Waals surface area contributed by atoms with Gasteiger partial charge in [0.25, 0.3) is 5.91 Å². The number of amides is 1. The topological polar surface area (TPSA) is 64.4 Å². The summed E-state index contributed by atoms with van der Waals surface area (Å²) in [5.74, 6) is -0.203. The lowest BCUT2D eigenvalue weighted by Gasteiger charge is -2.06. The van der Waals surface area contributed by atoms with Crippen molar-refractivity contribution in [2.75, 3.05) is 6.61 Å². The highest BCUT2D eigenvalue weighted by atomic mass is 19.1. The number of nitrogens with zero attached hydrogens (tertiary/aromatic N) is 1. The molecule has 3 rings (SSSR count). The Morgan fingerprint density at radius 2 is 1.96 bits per heavy atom. The van der Waals surface area contributed by atoms with E-state index in [4.69, 9.17) is 9.26 Å². The molecule has 0 aliphatic rings. The lowest BCUT2D eigenvalue weighted by atomic mass is 10.1. The second kappa shape index (κ2) is 7.61. The number of hydrogen-bond donors (Lipinski definition) is 1. The van der Waals surface area contributed by atoms with Gasteiger partial charge < -0.3 is 14.6 Å². The first-order chi connectivity index (χ1) is 12.1.